The zero-order valence-electron chi connectivity index (χ0n) is 17.5. The fourth-order valence-corrected chi connectivity index (χ4v) is 3.64. The summed E-state index contributed by atoms with van der Waals surface area (Å²) < 4.78 is 5.59. The molecule has 0 aliphatic rings. The van der Waals surface area contributed by atoms with Crippen LogP contribution in [-0.2, 0) is 11.8 Å². The molecule has 0 saturated heterocycles. The van der Waals surface area contributed by atoms with E-state index in [1.165, 1.54) is 10.5 Å². The first-order chi connectivity index (χ1) is 13.7. The lowest BCUT2D eigenvalue weighted by Gasteiger charge is -2.18. The van der Waals surface area contributed by atoms with E-state index in [0.29, 0.717) is 23.1 Å². The van der Waals surface area contributed by atoms with E-state index in [1.54, 1.807) is 0 Å². The zero-order chi connectivity index (χ0) is 21.0. The van der Waals surface area contributed by atoms with Gasteiger partial charge in [0.1, 0.15) is 0 Å². The Morgan fingerprint density at radius 1 is 1.03 bits per heavy atom. The summed E-state index contributed by atoms with van der Waals surface area (Å²) in [6.45, 7) is 10.8. The molecule has 0 saturated carbocycles. The molecule has 2 aromatic carbocycles. The second-order valence-electron chi connectivity index (χ2n) is 8.27. The standard InChI is InChI=1S/C23H27N3O2S/c1-15(2)29-19-12-6-16(7-13-19)14-20-25-26-22(28-20)24-21(27)17-8-10-18(11-9-17)23(3,4)5/h6-13,15H,14H2,1-5H3,(H,24,26,27). The highest BCUT2D eigenvalue weighted by molar-refractivity contribution is 7.99. The minimum Gasteiger partial charge on any atom is -0.407 e. The monoisotopic (exact) mass is 409 g/mol. The number of rotatable bonds is 6. The highest BCUT2D eigenvalue weighted by Gasteiger charge is 2.16. The van der Waals surface area contributed by atoms with Gasteiger partial charge in [-0.05, 0) is 40.8 Å². The number of aromatic nitrogens is 2. The number of anilines is 1. The van der Waals surface area contributed by atoms with Crippen molar-refractivity contribution < 1.29 is 9.21 Å². The molecule has 29 heavy (non-hydrogen) atoms. The summed E-state index contributed by atoms with van der Waals surface area (Å²) in [5.74, 6) is 0.198. The summed E-state index contributed by atoms with van der Waals surface area (Å²) in [6.07, 6.45) is 0.524. The van der Waals surface area contributed by atoms with Crippen molar-refractivity contribution in [3.8, 4) is 0 Å². The molecule has 0 aliphatic heterocycles. The van der Waals surface area contributed by atoms with Crippen LogP contribution in [0, 0.1) is 0 Å². The number of thioether (sulfide) groups is 1. The Bertz CT molecular complexity index is 955. The van der Waals surface area contributed by atoms with Crippen molar-refractivity contribution in [2.24, 2.45) is 0 Å². The first-order valence-corrected chi connectivity index (χ1v) is 10.6. The molecule has 1 amide bonds. The van der Waals surface area contributed by atoms with E-state index < -0.39 is 0 Å². The Morgan fingerprint density at radius 2 is 1.69 bits per heavy atom. The van der Waals surface area contributed by atoms with E-state index in [2.05, 4.69) is 74.4 Å². The maximum Gasteiger partial charge on any atom is 0.322 e. The number of benzene rings is 2. The lowest BCUT2D eigenvalue weighted by Crippen LogP contribution is -2.14. The van der Waals surface area contributed by atoms with Crippen molar-refractivity contribution >= 4 is 23.7 Å². The van der Waals surface area contributed by atoms with Crippen LogP contribution >= 0.6 is 11.8 Å². The molecule has 152 valence electrons. The first-order valence-electron chi connectivity index (χ1n) is 9.70. The number of hydrogen-bond acceptors (Lipinski definition) is 5. The number of hydrogen-bond donors (Lipinski definition) is 1. The van der Waals surface area contributed by atoms with Crippen LogP contribution in [-0.4, -0.2) is 21.4 Å². The third-order valence-electron chi connectivity index (χ3n) is 4.35. The summed E-state index contributed by atoms with van der Waals surface area (Å²) in [5, 5.41) is 11.2. The molecule has 0 unspecified atom stereocenters. The molecule has 0 bridgehead atoms. The molecule has 6 heteroatoms. The summed E-state index contributed by atoms with van der Waals surface area (Å²) in [5.41, 5.74) is 2.85. The van der Waals surface area contributed by atoms with Crippen LogP contribution in [0.3, 0.4) is 0 Å². The van der Waals surface area contributed by atoms with Crippen molar-refractivity contribution in [3.05, 3.63) is 71.1 Å². The average Bonchev–Trinajstić information content (AvgIpc) is 3.09. The third kappa shape index (κ3) is 5.94. The molecule has 1 aromatic heterocycles. The highest BCUT2D eigenvalue weighted by Crippen LogP contribution is 2.24. The highest BCUT2D eigenvalue weighted by atomic mass is 32.2. The van der Waals surface area contributed by atoms with Gasteiger partial charge < -0.3 is 4.42 Å². The van der Waals surface area contributed by atoms with Crippen LogP contribution in [0.15, 0.2) is 57.8 Å². The van der Waals surface area contributed by atoms with Gasteiger partial charge in [0.25, 0.3) is 5.91 Å². The number of carbonyl (C=O) groups excluding carboxylic acids is 1. The van der Waals surface area contributed by atoms with Gasteiger partial charge in [-0.15, -0.1) is 16.9 Å². The fraction of sp³-hybridized carbons (Fsp3) is 0.348. The molecule has 0 aliphatic carbocycles. The quantitative estimate of drug-likeness (QED) is 0.528. The number of nitrogens with zero attached hydrogens (tertiary/aromatic N) is 2. The molecule has 3 aromatic rings. The van der Waals surface area contributed by atoms with Gasteiger partial charge in [-0.1, -0.05) is 64.0 Å². The molecule has 0 radical (unpaired) electrons. The lowest BCUT2D eigenvalue weighted by molar-refractivity contribution is 0.102. The molecule has 0 atom stereocenters. The molecule has 0 fully saturated rings. The van der Waals surface area contributed by atoms with Gasteiger partial charge in [0, 0.05) is 15.7 Å². The van der Waals surface area contributed by atoms with Gasteiger partial charge in [0.05, 0.1) is 6.42 Å². The first kappa shape index (κ1) is 21.1. The minimum atomic E-state index is -0.268. The summed E-state index contributed by atoms with van der Waals surface area (Å²) in [7, 11) is 0. The van der Waals surface area contributed by atoms with Crippen molar-refractivity contribution in [1.82, 2.24) is 10.2 Å². The molecular weight excluding hydrogens is 382 g/mol. The zero-order valence-corrected chi connectivity index (χ0v) is 18.3. The van der Waals surface area contributed by atoms with E-state index in [4.69, 9.17) is 4.42 Å². The van der Waals surface area contributed by atoms with Gasteiger partial charge in [0.15, 0.2) is 0 Å². The smallest absolute Gasteiger partial charge is 0.322 e. The SMILES string of the molecule is CC(C)Sc1ccc(Cc2nnc(NC(=O)c3ccc(C(C)(C)C)cc3)o2)cc1. The lowest BCUT2D eigenvalue weighted by atomic mass is 9.87. The minimum absolute atomic E-state index is 0.0437. The average molecular weight is 410 g/mol. The molecule has 0 spiro atoms. The molecule has 5 nitrogen and oxygen atoms in total. The number of amides is 1. The van der Waals surface area contributed by atoms with E-state index >= 15 is 0 Å². The van der Waals surface area contributed by atoms with E-state index in [-0.39, 0.29) is 17.3 Å². The van der Waals surface area contributed by atoms with E-state index in [9.17, 15) is 4.79 Å². The predicted molar refractivity (Wildman–Crippen MR) is 118 cm³/mol. The van der Waals surface area contributed by atoms with Gasteiger partial charge in [-0.3, -0.25) is 10.1 Å². The summed E-state index contributed by atoms with van der Waals surface area (Å²) >= 11 is 1.83. The van der Waals surface area contributed by atoms with Gasteiger partial charge >= 0.3 is 6.01 Å². The molecular formula is C23H27N3O2S. The van der Waals surface area contributed by atoms with Crippen molar-refractivity contribution in [2.45, 2.75) is 56.6 Å². The summed E-state index contributed by atoms with van der Waals surface area (Å²) in [6, 6.07) is 16.0. The fourth-order valence-electron chi connectivity index (χ4n) is 2.80. The Balaban J connectivity index is 1.60. The van der Waals surface area contributed by atoms with Crippen LogP contribution in [0.5, 0.6) is 0 Å². The van der Waals surface area contributed by atoms with Crippen molar-refractivity contribution in [2.75, 3.05) is 5.32 Å². The van der Waals surface area contributed by atoms with Gasteiger partial charge in [0.2, 0.25) is 5.89 Å². The maximum atomic E-state index is 12.4. The Hall–Kier alpha value is -2.60. The molecule has 1 N–H and O–H groups in total. The topological polar surface area (TPSA) is 68.0 Å². The Morgan fingerprint density at radius 3 is 2.28 bits per heavy atom. The maximum absolute atomic E-state index is 12.4. The molecule has 1 heterocycles. The second kappa shape index (κ2) is 8.82. The number of carbonyl (C=O) groups is 1. The van der Waals surface area contributed by atoms with Gasteiger partial charge in [-0.2, -0.15) is 0 Å². The largest absolute Gasteiger partial charge is 0.407 e. The molecule has 3 rings (SSSR count). The Labute approximate surface area is 176 Å². The van der Waals surface area contributed by atoms with Crippen LogP contribution in [0.4, 0.5) is 6.01 Å². The van der Waals surface area contributed by atoms with E-state index in [1.807, 2.05) is 36.0 Å². The van der Waals surface area contributed by atoms with Crippen LogP contribution in [0.25, 0.3) is 0 Å². The normalized spacial score (nSPS) is 11.7. The van der Waals surface area contributed by atoms with Crippen molar-refractivity contribution in [1.29, 1.82) is 0 Å². The van der Waals surface area contributed by atoms with Crippen LogP contribution < -0.4 is 5.32 Å². The number of nitrogens with one attached hydrogen (secondary N) is 1. The van der Waals surface area contributed by atoms with Crippen molar-refractivity contribution in [3.63, 3.8) is 0 Å². The van der Waals surface area contributed by atoms with Crippen LogP contribution in [0.2, 0.25) is 0 Å². The second-order valence-corrected chi connectivity index (χ2v) is 9.92. The predicted octanol–water partition coefficient (Wildman–Crippen LogP) is 5.71. The third-order valence-corrected chi connectivity index (χ3v) is 5.37. The van der Waals surface area contributed by atoms with E-state index in [0.717, 1.165) is 5.56 Å². The Kier molecular flexibility index (Phi) is 6.42. The summed E-state index contributed by atoms with van der Waals surface area (Å²) in [4.78, 5) is 13.7. The van der Waals surface area contributed by atoms with Crippen LogP contribution in [0.1, 0.15) is 62.0 Å². The van der Waals surface area contributed by atoms with Gasteiger partial charge in [-0.25, -0.2) is 0 Å².